The van der Waals surface area contributed by atoms with Crippen LogP contribution in [0, 0.1) is 0 Å². The number of anilines is 1. The molecular formula is C15H22ClNO. The molecule has 1 fully saturated rings. The monoisotopic (exact) mass is 267 g/mol. The summed E-state index contributed by atoms with van der Waals surface area (Å²) < 4.78 is 0. The van der Waals surface area contributed by atoms with Gasteiger partial charge in [0.2, 0.25) is 0 Å². The zero-order valence-electron chi connectivity index (χ0n) is 11.0. The van der Waals surface area contributed by atoms with E-state index in [0.29, 0.717) is 5.02 Å². The zero-order valence-corrected chi connectivity index (χ0v) is 11.8. The van der Waals surface area contributed by atoms with Gasteiger partial charge in [-0.3, -0.25) is 0 Å². The molecule has 2 nitrogen and oxygen atoms in total. The molecule has 1 aromatic carbocycles. The lowest BCUT2D eigenvalue weighted by Gasteiger charge is -2.27. The second-order valence-electron chi connectivity index (χ2n) is 5.14. The van der Waals surface area contributed by atoms with E-state index in [1.165, 1.54) is 37.8 Å². The minimum atomic E-state index is -0.501. The van der Waals surface area contributed by atoms with E-state index in [9.17, 15) is 5.11 Å². The minimum Gasteiger partial charge on any atom is -0.389 e. The number of aliphatic hydroxyl groups excluding tert-OH is 1. The number of hydrogen-bond donors (Lipinski definition) is 1. The number of halogens is 1. The quantitative estimate of drug-likeness (QED) is 0.870. The molecular weight excluding hydrogens is 246 g/mol. The average Bonchev–Trinajstić information content (AvgIpc) is 2.27. The summed E-state index contributed by atoms with van der Waals surface area (Å²) in [7, 11) is 0. The fraction of sp³-hybridized carbons (Fsp3) is 0.600. The molecule has 0 saturated carbocycles. The maximum absolute atomic E-state index is 9.59. The van der Waals surface area contributed by atoms with E-state index < -0.39 is 6.10 Å². The Labute approximate surface area is 115 Å². The summed E-state index contributed by atoms with van der Waals surface area (Å²) in [5.74, 6) is 0. The number of benzene rings is 1. The van der Waals surface area contributed by atoms with E-state index >= 15 is 0 Å². The summed E-state index contributed by atoms with van der Waals surface area (Å²) in [4.78, 5) is 2.41. The van der Waals surface area contributed by atoms with Crippen LogP contribution in [0.25, 0.3) is 0 Å². The predicted molar refractivity (Wildman–Crippen MR) is 77.4 cm³/mol. The van der Waals surface area contributed by atoms with Gasteiger partial charge >= 0.3 is 0 Å². The predicted octanol–water partition coefficient (Wildman–Crippen LogP) is 4.16. The van der Waals surface area contributed by atoms with Crippen LogP contribution in [0.3, 0.4) is 0 Å². The Morgan fingerprint density at radius 1 is 1.11 bits per heavy atom. The van der Waals surface area contributed by atoms with Crippen molar-refractivity contribution in [3.63, 3.8) is 0 Å². The molecule has 1 heterocycles. The Morgan fingerprint density at radius 2 is 1.72 bits per heavy atom. The van der Waals surface area contributed by atoms with Gasteiger partial charge in [0.05, 0.1) is 6.10 Å². The van der Waals surface area contributed by atoms with E-state index in [2.05, 4.69) is 11.0 Å². The maximum atomic E-state index is 9.59. The van der Waals surface area contributed by atoms with Crippen LogP contribution < -0.4 is 4.90 Å². The SMILES string of the molecule is CC(O)c1ccc(N2CCCCCCC2)cc1Cl. The fourth-order valence-electron chi connectivity index (χ4n) is 2.56. The third-order valence-corrected chi connectivity index (χ3v) is 3.98. The lowest BCUT2D eigenvalue weighted by atomic mass is 10.1. The average molecular weight is 268 g/mol. The minimum absolute atomic E-state index is 0.501. The summed E-state index contributed by atoms with van der Waals surface area (Å²) in [6.45, 7) is 3.98. The number of aliphatic hydroxyl groups is 1. The van der Waals surface area contributed by atoms with Crippen molar-refractivity contribution in [3.8, 4) is 0 Å². The molecule has 0 aromatic heterocycles. The van der Waals surface area contributed by atoms with Crippen LogP contribution in [0.1, 0.15) is 50.7 Å². The van der Waals surface area contributed by atoms with Crippen LogP contribution in [-0.2, 0) is 0 Å². The van der Waals surface area contributed by atoms with Crippen molar-refractivity contribution >= 4 is 17.3 Å². The molecule has 1 aliphatic rings. The summed E-state index contributed by atoms with van der Waals surface area (Å²) in [6.07, 6.45) is 6.05. The molecule has 0 bridgehead atoms. The van der Waals surface area contributed by atoms with E-state index in [0.717, 1.165) is 18.7 Å². The van der Waals surface area contributed by atoms with Crippen molar-refractivity contribution in [2.24, 2.45) is 0 Å². The van der Waals surface area contributed by atoms with Crippen molar-refractivity contribution in [2.75, 3.05) is 18.0 Å². The number of nitrogens with zero attached hydrogens (tertiary/aromatic N) is 1. The first kappa shape index (κ1) is 13.7. The van der Waals surface area contributed by atoms with Crippen LogP contribution in [0.2, 0.25) is 5.02 Å². The summed E-state index contributed by atoms with van der Waals surface area (Å²) in [5, 5.41) is 10.3. The molecule has 1 aromatic rings. The van der Waals surface area contributed by atoms with E-state index in [1.54, 1.807) is 6.92 Å². The first-order chi connectivity index (χ1) is 8.68. The summed E-state index contributed by atoms with van der Waals surface area (Å²) in [5.41, 5.74) is 2.00. The number of rotatable bonds is 2. The van der Waals surface area contributed by atoms with Crippen LogP contribution in [0.5, 0.6) is 0 Å². The van der Waals surface area contributed by atoms with Crippen LogP contribution >= 0.6 is 11.6 Å². The Bertz CT molecular complexity index is 384. The highest BCUT2D eigenvalue weighted by Gasteiger charge is 2.12. The summed E-state index contributed by atoms with van der Waals surface area (Å²) >= 11 is 6.23. The molecule has 0 aliphatic carbocycles. The zero-order chi connectivity index (χ0) is 13.0. The molecule has 18 heavy (non-hydrogen) atoms. The topological polar surface area (TPSA) is 23.5 Å². The molecule has 1 unspecified atom stereocenters. The molecule has 1 saturated heterocycles. The van der Waals surface area contributed by atoms with Crippen LogP contribution in [0.4, 0.5) is 5.69 Å². The van der Waals surface area contributed by atoms with E-state index in [1.807, 2.05) is 12.1 Å². The van der Waals surface area contributed by atoms with E-state index in [4.69, 9.17) is 11.6 Å². The van der Waals surface area contributed by atoms with Crippen LogP contribution in [-0.4, -0.2) is 18.2 Å². The Balaban J connectivity index is 2.14. The number of hydrogen-bond acceptors (Lipinski definition) is 2. The van der Waals surface area contributed by atoms with Crippen molar-refractivity contribution in [1.82, 2.24) is 0 Å². The van der Waals surface area contributed by atoms with Gasteiger partial charge in [0.15, 0.2) is 0 Å². The van der Waals surface area contributed by atoms with Crippen molar-refractivity contribution in [2.45, 2.75) is 45.1 Å². The molecule has 0 spiro atoms. The van der Waals surface area contributed by atoms with Gasteiger partial charge in [0.1, 0.15) is 0 Å². The van der Waals surface area contributed by atoms with E-state index in [-0.39, 0.29) is 0 Å². The molecule has 100 valence electrons. The maximum Gasteiger partial charge on any atom is 0.0776 e. The molecule has 3 heteroatoms. The fourth-order valence-corrected chi connectivity index (χ4v) is 2.89. The van der Waals surface area contributed by atoms with Gasteiger partial charge in [0, 0.05) is 23.8 Å². The van der Waals surface area contributed by atoms with Gasteiger partial charge in [-0.15, -0.1) is 0 Å². The Morgan fingerprint density at radius 3 is 2.28 bits per heavy atom. The van der Waals surface area contributed by atoms with Gasteiger partial charge in [0.25, 0.3) is 0 Å². The normalized spacial score (nSPS) is 19.2. The molecule has 1 atom stereocenters. The smallest absolute Gasteiger partial charge is 0.0776 e. The second-order valence-corrected chi connectivity index (χ2v) is 5.54. The summed E-state index contributed by atoms with van der Waals surface area (Å²) in [6, 6.07) is 6.02. The first-order valence-electron chi connectivity index (χ1n) is 6.91. The highest BCUT2D eigenvalue weighted by molar-refractivity contribution is 6.31. The van der Waals surface area contributed by atoms with Crippen LogP contribution in [0.15, 0.2) is 18.2 Å². The first-order valence-corrected chi connectivity index (χ1v) is 7.29. The van der Waals surface area contributed by atoms with Crippen molar-refractivity contribution < 1.29 is 5.11 Å². The lowest BCUT2D eigenvalue weighted by molar-refractivity contribution is 0.199. The molecule has 2 rings (SSSR count). The standard InChI is InChI=1S/C15H22ClNO/c1-12(18)14-8-7-13(11-15(14)16)17-9-5-3-2-4-6-10-17/h7-8,11-12,18H,2-6,9-10H2,1H3. The third-order valence-electron chi connectivity index (χ3n) is 3.66. The van der Waals surface area contributed by atoms with Gasteiger partial charge in [-0.1, -0.05) is 36.9 Å². The molecule has 0 amide bonds. The third kappa shape index (κ3) is 3.39. The lowest BCUT2D eigenvalue weighted by Crippen LogP contribution is -2.26. The largest absolute Gasteiger partial charge is 0.389 e. The molecule has 0 radical (unpaired) electrons. The van der Waals surface area contributed by atoms with Gasteiger partial charge in [-0.25, -0.2) is 0 Å². The molecule has 1 aliphatic heterocycles. The second kappa shape index (κ2) is 6.44. The molecule has 1 N–H and O–H groups in total. The van der Waals surface area contributed by atoms with Gasteiger partial charge < -0.3 is 10.0 Å². The highest BCUT2D eigenvalue weighted by atomic mass is 35.5. The van der Waals surface area contributed by atoms with Gasteiger partial charge in [-0.05, 0) is 37.5 Å². The van der Waals surface area contributed by atoms with Crippen molar-refractivity contribution in [1.29, 1.82) is 0 Å². The Kier molecular flexibility index (Phi) is 4.90. The van der Waals surface area contributed by atoms with Gasteiger partial charge in [-0.2, -0.15) is 0 Å². The Hall–Kier alpha value is -0.730. The highest BCUT2D eigenvalue weighted by Crippen LogP contribution is 2.28. The van der Waals surface area contributed by atoms with Crippen molar-refractivity contribution in [3.05, 3.63) is 28.8 Å².